The number of hydrogen-bond acceptors (Lipinski definition) is 0. The zero-order valence-electron chi connectivity index (χ0n) is 3.12. The zero-order chi connectivity index (χ0) is 5.21. The van der Waals surface area contributed by atoms with Crippen LogP contribution >= 0.6 is 0 Å². The van der Waals surface area contributed by atoms with Crippen molar-refractivity contribution in [3.05, 3.63) is 12.7 Å². The van der Waals surface area contributed by atoms with Crippen LogP contribution in [0.15, 0.2) is 12.7 Å². The second kappa shape index (κ2) is 1.41. The largest absolute Gasteiger partial charge is 0.217 e. The van der Waals surface area contributed by atoms with Crippen molar-refractivity contribution in [3.8, 4) is 0 Å². The van der Waals surface area contributed by atoms with Gasteiger partial charge in [-0.1, -0.05) is 6.58 Å². The predicted molar refractivity (Wildman–Crippen MR) is 20.9 cm³/mol. The standard InChI is InChI=1S/C3H3BF2/c1-2-3(4,5)6/h2H,1H2. The van der Waals surface area contributed by atoms with Crippen LogP contribution in [-0.2, 0) is 0 Å². The van der Waals surface area contributed by atoms with Gasteiger partial charge in [0.05, 0.1) is 0 Å². The van der Waals surface area contributed by atoms with Crippen molar-refractivity contribution in [3.63, 3.8) is 0 Å². The van der Waals surface area contributed by atoms with Crippen LogP contribution in [0, 0.1) is 0 Å². The van der Waals surface area contributed by atoms with Crippen LogP contribution in [0.2, 0.25) is 0 Å². The quantitative estimate of drug-likeness (QED) is 0.330. The molecule has 0 N–H and O–H groups in total. The molecule has 32 valence electrons. The summed E-state index contributed by atoms with van der Waals surface area (Å²) in [6, 6.07) is 0. The molecule has 0 spiro atoms. The Morgan fingerprint density at radius 3 is 1.83 bits per heavy atom. The SMILES string of the molecule is [B]C(F)(F)C=C. The predicted octanol–water partition coefficient (Wildman–Crippen LogP) is 0.934. The molecule has 6 heavy (non-hydrogen) atoms. The number of rotatable bonds is 1. The Hall–Kier alpha value is -0.335. The molecular formula is C3H3BF2. The van der Waals surface area contributed by atoms with Gasteiger partial charge in [0.2, 0.25) is 5.82 Å². The second-order valence-electron chi connectivity index (χ2n) is 0.879. The van der Waals surface area contributed by atoms with Gasteiger partial charge in [0.15, 0.2) is 7.85 Å². The fraction of sp³-hybridized carbons (Fsp3) is 0.333. The monoisotopic (exact) mass is 88.0 g/mol. The lowest BCUT2D eigenvalue weighted by molar-refractivity contribution is 0.152. The van der Waals surface area contributed by atoms with Gasteiger partial charge >= 0.3 is 0 Å². The van der Waals surface area contributed by atoms with Gasteiger partial charge in [-0.3, -0.25) is 0 Å². The molecule has 3 heteroatoms. The van der Waals surface area contributed by atoms with Gasteiger partial charge in [-0.15, -0.1) is 0 Å². The normalized spacial score (nSPS) is 11.0. The topological polar surface area (TPSA) is 0 Å². The molecule has 0 saturated carbocycles. The van der Waals surface area contributed by atoms with Gasteiger partial charge in [-0.25, -0.2) is 8.78 Å². The van der Waals surface area contributed by atoms with E-state index in [1.54, 1.807) is 0 Å². The van der Waals surface area contributed by atoms with Crippen LogP contribution < -0.4 is 0 Å². The van der Waals surface area contributed by atoms with Crippen molar-refractivity contribution in [2.75, 3.05) is 0 Å². The van der Waals surface area contributed by atoms with Gasteiger partial charge in [-0.2, -0.15) is 0 Å². The van der Waals surface area contributed by atoms with Crippen molar-refractivity contribution in [1.82, 2.24) is 0 Å². The third-order valence-electron chi connectivity index (χ3n) is 0.272. The molecule has 0 saturated heterocycles. The average molecular weight is 87.9 g/mol. The van der Waals surface area contributed by atoms with Gasteiger partial charge in [-0.05, 0) is 6.08 Å². The van der Waals surface area contributed by atoms with Crippen LogP contribution in [0.4, 0.5) is 8.78 Å². The Bertz CT molecular complexity index is 54.3. The van der Waals surface area contributed by atoms with Crippen LogP contribution in [0.3, 0.4) is 0 Å². The third-order valence-corrected chi connectivity index (χ3v) is 0.272. The maximum absolute atomic E-state index is 11.1. The molecule has 0 nitrogen and oxygen atoms in total. The summed E-state index contributed by atoms with van der Waals surface area (Å²) in [6.45, 7) is 2.76. The molecule has 0 unspecified atom stereocenters. The molecule has 0 amide bonds. The van der Waals surface area contributed by atoms with E-state index in [9.17, 15) is 8.78 Å². The summed E-state index contributed by atoms with van der Waals surface area (Å²) in [5, 5.41) is 0. The Balaban J connectivity index is 3.45. The summed E-state index contributed by atoms with van der Waals surface area (Å²) in [6.07, 6.45) is 0.382. The Morgan fingerprint density at radius 2 is 1.83 bits per heavy atom. The molecule has 0 aliphatic carbocycles. The summed E-state index contributed by atoms with van der Waals surface area (Å²) in [7, 11) is 4.08. The van der Waals surface area contributed by atoms with Gasteiger partial charge < -0.3 is 0 Å². The van der Waals surface area contributed by atoms with Crippen LogP contribution in [0.25, 0.3) is 0 Å². The highest BCUT2D eigenvalue weighted by Gasteiger charge is 2.11. The second-order valence-corrected chi connectivity index (χ2v) is 0.879. The summed E-state index contributed by atoms with van der Waals surface area (Å²) in [5.74, 6) is -3.19. The van der Waals surface area contributed by atoms with E-state index in [1.807, 2.05) is 0 Å². The molecular weight excluding hydrogens is 84.8 g/mol. The first kappa shape index (κ1) is 5.66. The Labute approximate surface area is 36.3 Å². The van der Waals surface area contributed by atoms with Crippen LogP contribution in [-0.4, -0.2) is 13.7 Å². The van der Waals surface area contributed by atoms with Crippen molar-refractivity contribution in [2.45, 2.75) is 5.82 Å². The fourth-order valence-electron chi connectivity index (χ4n) is 0. The zero-order valence-corrected chi connectivity index (χ0v) is 3.12. The lowest BCUT2D eigenvalue weighted by atomic mass is 10.00. The highest BCUT2D eigenvalue weighted by molar-refractivity contribution is 6.14. The molecule has 0 aliphatic heterocycles. The molecule has 0 rings (SSSR count). The fourth-order valence-corrected chi connectivity index (χ4v) is 0. The van der Waals surface area contributed by atoms with E-state index in [1.165, 1.54) is 0 Å². The molecule has 0 bridgehead atoms. The first-order valence-electron chi connectivity index (χ1n) is 1.36. The minimum Gasteiger partial charge on any atom is -0.215 e. The lowest BCUT2D eigenvalue weighted by Crippen LogP contribution is -2.08. The molecule has 2 radical (unpaired) electrons. The van der Waals surface area contributed by atoms with Crippen LogP contribution in [0.1, 0.15) is 0 Å². The number of hydrogen-bond donors (Lipinski definition) is 0. The summed E-state index contributed by atoms with van der Waals surface area (Å²) >= 11 is 0. The third kappa shape index (κ3) is 3.66. The number of allylic oxidation sites excluding steroid dienone is 1. The Morgan fingerprint density at radius 1 is 1.67 bits per heavy atom. The molecule has 0 fully saturated rings. The molecule has 0 atom stereocenters. The van der Waals surface area contributed by atoms with E-state index >= 15 is 0 Å². The van der Waals surface area contributed by atoms with E-state index in [0.29, 0.717) is 6.08 Å². The summed E-state index contributed by atoms with van der Waals surface area (Å²) < 4.78 is 22.2. The van der Waals surface area contributed by atoms with Crippen molar-refractivity contribution in [1.29, 1.82) is 0 Å². The number of halogens is 2. The summed E-state index contributed by atoms with van der Waals surface area (Å²) in [4.78, 5) is 0. The average Bonchev–Trinajstić information content (AvgIpc) is 1.35. The van der Waals surface area contributed by atoms with E-state index in [0.717, 1.165) is 0 Å². The first-order valence-corrected chi connectivity index (χ1v) is 1.36. The van der Waals surface area contributed by atoms with Crippen molar-refractivity contribution < 1.29 is 8.78 Å². The van der Waals surface area contributed by atoms with Gasteiger partial charge in [0.25, 0.3) is 0 Å². The van der Waals surface area contributed by atoms with E-state index in [2.05, 4.69) is 14.4 Å². The van der Waals surface area contributed by atoms with E-state index in [-0.39, 0.29) is 0 Å². The maximum Gasteiger partial charge on any atom is 0.217 e. The molecule has 0 aliphatic rings. The minimum atomic E-state index is -3.19. The number of alkyl halides is 2. The Kier molecular flexibility index (Phi) is 1.33. The van der Waals surface area contributed by atoms with Gasteiger partial charge in [0, 0.05) is 0 Å². The lowest BCUT2D eigenvalue weighted by Gasteiger charge is -1.98. The molecule has 0 heterocycles. The smallest absolute Gasteiger partial charge is 0.215 e. The minimum absolute atomic E-state index is 0.382. The highest BCUT2D eigenvalue weighted by atomic mass is 19.3. The molecule has 0 aromatic heterocycles. The molecule has 0 aromatic rings. The van der Waals surface area contributed by atoms with E-state index < -0.39 is 5.82 Å². The van der Waals surface area contributed by atoms with Gasteiger partial charge in [0.1, 0.15) is 0 Å². The highest BCUT2D eigenvalue weighted by Crippen LogP contribution is 2.05. The first-order chi connectivity index (χ1) is 2.56. The maximum atomic E-state index is 11.1. The van der Waals surface area contributed by atoms with E-state index in [4.69, 9.17) is 0 Å². The summed E-state index contributed by atoms with van der Waals surface area (Å²) in [5.41, 5.74) is 0. The van der Waals surface area contributed by atoms with Crippen molar-refractivity contribution in [2.24, 2.45) is 0 Å². The molecule has 0 aromatic carbocycles. The van der Waals surface area contributed by atoms with Crippen LogP contribution in [0.5, 0.6) is 0 Å². The van der Waals surface area contributed by atoms with Crippen molar-refractivity contribution >= 4 is 7.85 Å².